The van der Waals surface area contributed by atoms with E-state index in [9.17, 15) is 9.59 Å². The molecule has 8 heteroatoms. The summed E-state index contributed by atoms with van der Waals surface area (Å²) in [5, 5.41) is 0. The zero-order valence-electron chi connectivity index (χ0n) is 18.7. The van der Waals surface area contributed by atoms with E-state index in [0.717, 1.165) is 4.47 Å². The first-order chi connectivity index (χ1) is 16.4. The first kappa shape index (κ1) is 23.4. The van der Waals surface area contributed by atoms with Gasteiger partial charge in [0.15, 0.2) is 29.6 Å². The van der Waals surface area contributed by atoms with E-state index in [1.165, 1.54) is 21.3 Å². The molecule has 0 amide bonds. The molecule has 1 aliphatic heterocycles. The van der Waals surface area contributed by atoms with Gasteiger partial charge < -0.3 is 23.7 Å². The lowest BCUT2D eigenvalue weighted by molar-refractivity contribution is 0.0921. The highest BCUT2D eigenvalue weighted by Crippen LogP contribution is 2.42. The fraction of sp³-hybridized carbons (Fsp3) is 0.154. The number of ketones is 2. The number of hydrogen-bond acceptors (Lipinski definition) is 7. The molecular formula is C26H21BrO7. The van der Waals surface area contributed by atoms with Crippen molar-refractivity contribution in [2.45, 2.75) is 0 Å². The van der Waals surface area contributed by atoms with Crippen LogP contribution in [0.15, 0.2) is 64.8 Å². The molecule has 3 aromatic carbocycles. The molecule has 0 N–H and O–H groups in total. The maximum absolute atomic E-state index is 12.9. The van der Waals surface area contributed by atoms with Crippen molar-refractivity contribution in [3.8, 4) is 28.7 Å². The normalized spacial score (nSPS) is 13.3. The highest BCUT2D eigenvalue weighted by atomic mass is 79.9. The van der Waals surface area contributed by atoms with Crippen molar-refractivity contribution < 1.29 is 33.3 Å². The van der Waals surface area contributed by atoms with E-state index in [1.807, 2.05) is 0 Å². The molecule has 174 valence electrons. The molecule has 0 fully saturated rings. The summed E-state index contributed by atoms with van der Waals surface area (Å²) in [7, 11) is 4.54. The van der Waals surface area contributed by atoms with Gasteiger partial charge in [0.05, 0.1) is 26.9 Å². The minimum absolute atomic E-state index is 0.128. The first-order valence-corrected chi connectivity index (χ1v) is 11.0. The summed E-state index contributed by atoms with van der Waals surface area (Å²) in [5.41, 5.74) is 1.54. The van der Waals surface area contributed by atoms with E-state index in [1.54, 1.807) is 60.7 Å². The van der Waals surface area contributed by atoms with E-state index in [2.05, 4.69) is 15.9 Å². The van der Waals surface area contributed by atoms with Crippen molar-refractivity contribution in [3.63, 3.8) is 0 Å². The van der Waals surface area contributed by atoms with Gasteiger partial charge in [-0.05, 0) is 42.5 Å². The summed E-state index contributed by atoms with van der Waals surface area (Å²) in [6, 6.07) is 15.3. The zero-order chi connectivity index (χ0) is 24.2. The number of carbonyl (C=O) groups excluding carboxylic acids is 2. The summed E-state index contributed by atoms with van der Waals surface area (Å²) in [5.74, 6) is 1.79. The van der Waals surface area contributed by atoms with Crippen LogP contribution in [0.4, 0.5) is 0 Å². The number of rotatable bonds is 8. The molecule has 1 aliphatic rings. The Kier molecular flexibility index (Phi) is 6.88. The number of allylic oxidation sites excluding steroid dienone is 1. The fourth-order valence-corrected chi connectivity index (χ4v) is 3.77. The van der Waals surface area contributed by atoms with E-state index >= 15 is 0 Å². The molecule has 0 aromatic heterocycles. The Labute approximate surface area is 205 Å². The Balaban J connectivity index is 1.53. The topological polar surface area (TPSA) is 80.3 Å². The van der Waals surface area contributed by atoms with Crippen molar-refractivity contribution >= 4 is 33.6 Å². The smallest absolute Gasteiger partial charge is 0.231 e. The molecule has 0 bridgehead atoms. The van der Waals surface area contributed by atoms with Gasteiger partial charge in [0.1, 0.15) is 11.5 Å². The van der Waals surface area contributed by atoms with Gasteiger partial charge in [0, 0.05) is 21.7 Å². The monoisotopic (exact) mass is 524 g/mol. The van der Waals surface area contributed by atoms with Crippen molar-refractivity contribution in [1.29, 1.82) is 0 Å². The van der Waals surface area contributed by atoms with E-state index in [4.69, 9.17) is 23.7 Å². The molecule has 0 saturated carbocycles. The van der Waals surface area contributed by atoms with Crippen LogP contribution < -0.4 is 23.7 Å². The van der Waals surface area contributed by atoms with Crippen LogP contribution >= 0.6 is 15.9 Å². The fourth-order valence-electron chi connectivity index (χ4n) is 3.50. The number of fused-ring (bicyclic) bond motifs is 1. The number of carbonyl (C=O) groups is 2. The lowest BCUT2D eigenvalue weighted by atomic mass is 10.1. The third-order valence-corrected chi connectivity index (χ3v) is 5.73. The molecular weight excluding hydrogens is 504 g/mol. The number of benzene rings is 3. The van der Waals surface area contributed by atoms with Crippen LogP contribution in [-0.4, -0.2) is 39.5 Å². The van der Waals surface area contributed by atoms with Crippen molar-refractivity contribution in [3.05, 3.63) is 81.5 Å². The highest BCUT2D eigenvalue weighted by Gasteiger charge is 2.29. The largest absolute Gasteiger partial charge is 0.493 e. The second-order valence-electron chi connectivity index (χ2n) is 7.24. The van der Waals surface area contributed by atoms with Crippen LogP contribution in [0.3, 0.4) is 0 Å². The van der Waals surface area contributed by atoms with Crippen LogP contribution in [0, 0.1) is 0 Å². The average Bonchev–Trinajstić information content (AvgIpc) is 3.16. The summed E-state index contributed by atoms with van der Waals surface area (Å²) in [6.45, 7) is -0.139. The molecule has 0 spiro atoms. The van der Waals surface area contributed by atoms with Gasteiger partial charge in [0.2, 0.25) is 11.5 Å². The van der Waals surface area contributed by atoms with Crippen molar-refractivity contribution in [1.82, 2.24) is 0 Å². The molecule has 34 heavy (non-hydrogen) atoms. The summed E-state index contributed by atoms with van der Waals surface area (Å²) in [6.07, 6.45) is 1.58. The molecule has 0 aliphatic carbocycles. The van der Waals surface area contributed by atoms with Gasteiger partial charge in [-0.25, -0.2) is 0 Å². The number of ether oxygens (including phenoxy) is 5. The molecule has 0 radical (unpaired) electrons. The Hall–Kier alpha value is -3.78. The molecule has 0 atom stereocenters. The Morgan fingerprint density at radius 1 is 0.941 bits per heavy atom. The van der Waals surface area contributed by atoms with Gasteiger partial charge in [-0.3, -0.25) is 9.59 Å². The lowest BCUT2D eigenvalue weighted by Gasteiger charge is -2.14. The number of methoxy groups -OCH3 is 3. The minimum Gasteiger partial charge on any atom is -0.493 e. The molecule has 3 aromatic rings. The van der Waals surface area contributed by atoms with Crippen LogP contribution in [-0.2, 0) is 0 Å². The third-order valence-electron chi connectivity index (χ3n) is 5.20. The Morgan fingerprint density at radius 3 is 2.35 bits per heavy atom. The maximum Gasteiger partial charge on any atom is 0.231 e. The van der Waals surface area contributed by atoms with E-state index in [-0.39, 0.29) is 23.9 Å². The SMILES string of the molecule is COc1ccc(/C=C2\Oc3cc(OCC(=O)c4ccc(Br)cc4)ccc3C2=O)c(OC)c1OC. The zero-order valence-corrected chi connectivity index (χ0v) is 20.3. The van der Waals surface area contributed by atoms with E-state index < -0.39 is 0 Å². The van der Waals surface area contributed by atoms with Crippen molar-refractivity contribution in [2.24, 2.45) is 0 Å². The number of hydrogen-bond donors (Lipinski definition) is 0. The lowest BCUT2D eigenvalue weighted by Crippen LogP contribution is -2.11. The summed E-state index contributed by atoms with van der Waals surface area (Å²) < 4.78 is 28.5. The molecule has 4 rings (SSSR count). The van der Waals surface area contributed by atoms with Gasteiger partial charge >= 0.3 is 0 Å². The summed E-state index contributed by atoms with van der Waals surface area (Å²) in [4.78, 5) is 25.2. The van der Waals surface area contributed by atoms with E-state index in [0.29, 0.717) is 45.4 Å². The quantitative estimate of drug-likeness (QED) is 0.290. The molecule has 7 nitrogen and oxygen atoms in total. The number of Topliss-reactive ketones (excluding diaryl/α,β-unsaturated/α-hetero) is 2. The van der Waals surface area contributed by atoms with Gasteiger partial charge in [-0.1, -0.05) is 28.1 Å². The third kappa shape index (κ3) is 4.63. The molecule has 0 unspecified atom stereocenters. The van der Waals surface area contributed by atoms with Crippen molar-refractivity contribution in [2.75, 3.05) is 27.9 Å². The van der Waals surface area contributed by atoms with Gasteiger partial charge in [-0.2, -0.15) is 0 Å². The highest BCUT2D eigenvalue weighted by molar-refractivity contribution is 9.10. The van der Waals surface area contributed by atoms with Gasteiger partial charge in [-0.15, -0.1) is 0 Å². The predicted octanol–water partition coefficient (Wildman–Crippen LogP) is 5.35. The number of halogens is 1. The predicted molar refractivity (Wildman–Crippen MR) is 129 cm³/mol. The Bertz CT molecular complexity index is 1280. The van der Waals surface area contributed by atoms with Crippen LogP contribution in [0.5, 0.6) is 28.7 Å². The second kappa shape index (κ2) is 10.0. The summed E-state index contributed by atoms with van der Waals surface area (Å²) >= 11 is 3.34. The molecule has 1 heterocycles. The first-order valence-electron chi connectivity index (χ1n) is 10.2. The van der Waals surface area contributed by atoms with Gasteiger partial charge in [0.25, 0.3) is 0 Å². The minimum atomic E-state index is -0.274. The standard InChI is InChI=1S/C26H21BrO7/c1-30-21-11-6-16(25(31-2)26(21)32-3)12-23-24(29)19-10-9-18(13-22(19)34-23)33-14-20(28)15-4-7-17(27)8-5-15/h4-13H,14H2,1-3H3/b23-12-. The second-order valence-corrected chi connectivity index (χ2v) is 8.16. The Morgan fingerprint density at radius 2 is 1.68 bits per heavy atom. The van der Waals surface area contributed by atoms with Crippen LogP contribution in [0.1, 0.15) is 26.3 Å². The van der Waals surface area contributed by atoms with Crippen LogP contribution in [0.25, 0.3) is 6.08 Å². The van der Waals surface area contributed by atoms with Crippen LogP contribution in [0.2, 0.25) is 0 Å². The maximum atomic E-state index is 12.9. The average molecular weight is 525 g/mol. The molecule has 0 saturated heterocycles.